The van der Waals surface area contributed by atoms with Crippen LogP contribution in [-0.2, 0) is 13.0 Å². The number of aryl methyl sites for hydroxylation is 1. The summed E-state index contributed by atoms with van der Waals surface area (Å²) in [5.74, 6) is 0. The smallest absolute Gasteiger partial charge is 0.0662 e. The van der Waals surface area contributed by atoms with Crippen molar-refractivity contribution in [1.29, 1.82) is 0 Å². The lowest BCUT2D eigenvalue weighted by molar-refractivity contribution is 0.537. The molecule has 0 amide bonds. The summed E-state index contributed by atoms with van der Waals surface area (Å²) in [4.78, 5) is 0. The van der Waals surface area contributed by atoms with Gasteiger partial charge in [-0.1, -0.05) is 30.3 Å². The number of rotatable bonds is 2. The van der Waals surface area contributed by atoms with Gasteiger partial charge in [-0.15, -0.1) is 0 Å². The van der Waals surface area contributed by atoms with Crippen molar-refractivity contribution in [3.05, 3.63) is 52.8 Å². The fourth-order valence-electron chi connectivity index (χ4n) is 2.91. The average Bonchev–Trinajstić information content (AvgIpc) is 2.69. The van der Waals surface area contributed by atoms with Crippen molar-refractivity contribution in [2.75, 3.05) is 0 Å². The van der Waals surface area contributed by atoms with Crippen molar-refractivity contribution in [3.63, 3.8) is 0 Å². The Hall–Kier alpha value is -1.61. The Morgan fingerprint density at radius 3 is 2.89 bits per heavy atom. The second-order valence-corrected chi connectivity index (χ2v) is 5.09. The molecule has 1 aliphatic carbocycles. The third-order valence-electron chi connectivity index (χ3n) is 3.76. The van der Waals surface area contributed by atoms with Crippen molar-refractivity contribution in [2.45, 2.75) is 38.8 Å². The molecule has 2 N–H and O–H groups in total. The third-order valence-corrected chi connectivity index (χ3v) is 3.76. The highest BCUT2D eigenvalue weighted by atomic mass is 15.3. The summed E-state index contributed by atoms with van der Waals surface area (Å²) in [6.45, 7) is 2.93. The van der Waals surface area contributed by atoms with E-state index in [1.807, 2.05) is 6.07 Å². The summed E-state index contributed by atoms with van der Waals surface area (Å²) >= 11 is 0. The van der Waals surface area contributed by atoms with Gasteiger partial charge in [0.1, 0.15) is 0 Å². The zero-order valence-corrected chi connectivity index (χ0v) is 10.8. The monoisotopic (exact) mass is 241 g/mol. The van der Waals surface area contributed by atoms with E-state index in [-0.39, 0.29) is 6.04 Å². The van der Waals surface area contributed by atoms with Crippen LogP contribution in [0.25, 0.3) is 0 Å². The Balaban J connectivity index is 1.96. The predicted molar refractivity (Wildman–Crippen MR) is 72.4 cm³/mol. The second-order valence-electron chi connectivity index (χ2n) is 5.09. The first kappa shape index (κ1) is 11.5. The van der Waals surface area contributed by atoms with E-state index < -0.39 is 0 Å². The molecule has 0 unspecified atom stereocenters. The van der Waals surface area contributed by atoms with Gasteiger partial charge < -0.3 is 5.73 Å². The number of hydrogen-bond acceptors (Lipinski definition) is 2. The van der Waals surface area contributed by atoms with Gasteiger partial charge in [-0.25, -0.2) is 0 Å². The van der Waals surface area contributed by atoms with Crippen LogP contribution in [0, 0.1) is 6.92 Å². The summed E-state index contributed by atoms with van der Waals surface area (Å²) in [6, 6.07) is 10.7. The molecule has 1 heterocycles. The van der Waals surface area contributed by atoms with Crippen molar-refractivity contribution in [1.82, 2.24) is 9.78 Å². The molecule has 18 heavy (non-hydrogen) atoms. The van der Waals surface area contributed by atoms with E-state index in [2.05, 4.69) is 41.0 Å². The molecular formula is C15H19N3. The zero-order valence-electron chi connectivity index (χ0n) is 10.8. The van der Waals surface area contributed by atoms with Crippen LogP contribution in [0.2, 0.25) is 0 Å². The normalized spacial score (nSPS) is 18.7. The third kappa shape index (κ3) is 1.95. The summed E-state index contributed by atoms with van der Waals surface area (Å²) in [7, 11) is 0. The summed E-state index contributed by atoms with van der Waals surface area (Å²) in [6.07, 6.45) is 3.37. The van der Waals surface area contributed by atoms with Crippen molar-refractivity contribution in [3.8, 4) is 0 Å². The quantitative estimate of drug-likeness (QED) is 0.878. The SMILES string of the molecule is Cc1nn(Cc2ccccc2)c2c1[C@H](N)CCC2. The Morgan fingerprint density at radius 1 is 1.33 bits per heavy atom. The molecule has 0 fully saturated rings. The van der Waals surface area contributed by atoms with E-state index in [1.54, 1.807) is 0 Å². The number of fused-ring (bicyclic) bond motifs is 1. The summed E-state index contributed by atoms with van der Waals surface area (Å²) < 4.78 is 2.14. The fourth-order valence-corrected chi connectivity index (χ4v) is 2.91. The average molecular weight is 241 g/mol. The molecule has 94 valence electrons. The van der Waals surface area contributed by atoms with Crippen LogP contribution >= 0.6 is 0 Å². The molecule has 0 saturated carbocycles. The Kier molecular flexibility index (Phi) is 2.92. The molecule has 1 atom stereocenters. The molecular weight excluding hydrogens is 222 g/mol. The summed E-state index contributed by atoms with van der Waals surface area (Å²) in [5, 5.41) is 4.67. The van der Waals surface area contributed by atoms with E-state index in [1.165, 1.54) is 23.2 Å². The Bertz CT molecular complexity index is 542. The maximum Gasteiger partial charge on any atom is 0.0662 e. The Morgan fingerprint density at radius 2 is 2.11 bits per heavy atom. The van der Waals surface area contributed by atoms with E-state index in [0.717, 1.165) is 25.1 Å². The molecule has 1 aromatic carbocycles. The number of aromatic nitrogens is 2. The molecule has 0 saturated heterocycles. The molecule has 0 aliphatic heterocycles. The van der Waals surface area contributed by atoms with Crippen LogP contribution in [0.1, 0.15) is 41.4 Å². The molecule has 3 rings (SSSR count). The topological polar surface area (TPSA) is 43.8 Å². The van der Waals surface area contributed by atoms with Gasteiger partial charge in [0.15, 0.2) is 0 Å². The molecule has 3 heteroatoms. The standard InChI is InChI=1S/C15H19N3/c1-11-15-13(16)8-5-9-14(15)18(17-11)10-12-6-3-2-4-7-12/h2-4,6-7,13H,5,8-10,16H2,1H3/t13-/m1/s1. The van der Waals surface area contributed by atoms with E-state index >= 15 is 0 Å². The number of nitrogens with zero attached hydrogens (tertiary/aromatic N) is 2. The van der Waals surface area contributed by atoms with Crippen LogP contribution in [0.3, 0.4) is 0 Å². The lowest BCUT2D eigenvalue weighted by Crippen LogP contribution is -2.19. The first-order chi connectivity index (χ1) is 8.75. The van der Waals surface area contributed by atoms with Crippen molar-refractivity contribution in [2.24, 2.45) is 5.73 Å². The van der Waals surface area contributed by atoms with Crippen molar-refractivity contribution < 1.29 is 0 Å². The largest absolute Gasteiger partial charge is 0.324 e. The van der Waals surface area contributed by atoms with Crippen LogP contribution < -0.4 is 5.73 Å². The summed E-state index contributed by atoms with van der Waals surface area (Å²) in [5.41, 5.74) is 11.2. The van der Waals surface area contributed by atoms with Gasteiger partial charge in [0.2, 0.25) is 0 Å². The fraction of sp³-hybridized carbons (Fsp3) is 0.400. The van der Waals surface area contributed by atoms with Gasteiger partial charge in [-0.3, -0.25) is 4.68 Å². The first-order valence-corrected chi connectivity index (χ1v) is 6.61. The van der Waals surface area contributed by atoms with Gasteiger partial charge in [-0.2, -0.15) is 5.10 Å². The minimum atomic E-state index is 0.179. The number of benzene rings is 1. The molecule has 0 bridgehead atoms. The van der Waals surface area contributed by atoms with Gasteiger partial charge in [0, 0.05) is 17.3 Å². The van der Waals surface area contributed by atoms with Gasteiger partial charge in [0.25, 0.3) is 0 Å². The maximum atomic E-state index is 6.20. The zero-order chi connectivity index (χ0) is 12.5. The van der Waals surface area contributed by atoms with Crippen LogP contribution in [0.5, 0.6) is 0 Å². The first-order valence-electron chi connectivity index (χ1n) is 6.61. The van der Waals surface area contributed by atoms with E-state index in [4.69, 9.17) is 5.73 Å². The van der Waals surface area contributed by atoms with Gasteiger partial charge in [-0.05, 0) is 31.7 Å². The molecule has 3 nitrogen and oxygen atoms in total. The molecule has 0 radical (unpaired) electrons. The highest BCUT2D eigenvalue weighted by Crippen LogP contribution is 2.30. The minimum absolute atomic E-state index is 0.179. The Labute approximate surface area is 108 Å². The highest BCUT2D eigenvalue weighted by Gasteiger charge is 2.24. The van der Waals surface area contributed by atoms with Crippen LogP contribution in [-0.4, -0.2) is 9.78 Å². The molecule has 2 aromatic rings. The molecule has 1 aliphatic rings. The van der Waals surface area contributed by atoms with Gasteiger partial charge >= 0.3 is 0 Å². The maximum absolute atomic E-state index is 6.20. The minimum Gasteiger partial charge on any atom is -0.324 e. The lowest BCUT2D eigenvalue weighted by Gasteiger charge is -2.20. The predicted octanol–water partition coefficient (Wildman–Crippen LogP) is 2.58. The second kappa shape index (κ2) is 4.58. The lowest BCUT2D eigenvalue weighted by atomic mass is 9.92. The molecule has 1 aromatic heterocycles. The van der Waals surface area contributed by atoms with Gasteiger partial charge in [0.05, 0.1) is 12.2 Å². The highest BCUT2D eigenvalue weighted by molar-refractivity contribution is 5.32. The van der Waals surface area contributed by atoms with Crippen LogP contribution in [0.15, 0.2) is 30.3 Å². The van der Waals surface area contributed by atoms with Crippen molar-refractivity contribution >= 4 is 0 Å². The van der Waals surface area contributed by atoms with E-state index in [0.29, 0.717) is 0 Å². The molecule has 0 spiro atoms. The van der Waals surface area contributed by atoms with Crippen LogP contribution in [0.4, 0.5) is 0 Å². The van der Waals surface area contributed by atoms with E-state index in [9.17, 15) is 0 Å². The number of hydrogen-bond donors (Lipinski definition) is 1. The number of nitrogens with two attached hydrogens (primary N) is 1.